The first-order valence-corrected chi connectivity index (χ1v) is 10.3. The van der Waals surface area contributed by atoms with Crippen molar-refractivity contribution in [1.29, 1.82) is 0 Å². The smallest absolute Gasteiger partial charge is 0.225 e. The van der Waals surface area contributed by atoms with Gasteiger partial charge in [-0.15, -0.1) is 0 Å². The number of likely N-dealkylation sites (tertiary alicyclic amines) is 1. The van der Waals surface area contributed by atoms with Crippen molar-refractivity contribution in [3.8, 4) is 0 Å². The molecule has 26 heavy (non-hydrogen) atoms. The van der Waals surface area contributed by atoms with E-state index in [4.69, 9.17) is 0 Å². The summed E-state index contributed by atoms with van der Waals surface area (Å²) in [4.78, 5) is 18.9. The predicted octanol–water partition coefficient (Wildman–Crippen LogP) is 4.24. The second-order valence-electron chi connectivity index (χ2n) is 7.82. The minimum absolute atomic E-state index is 0. The molecule has 0 aromatic heterocycles. The summed E-state index contributed by atoms with van der Waals surface area (Å²) in [6.07, 6.45) is 14.4. The molecule has 2 heterocycles. The highest BCUT2D eigenvalue weighted by atomic mass is 19.1. The van der Waals surface area contributed by atoms with Crippen LogP contribution in [0.15, 0.2) is 29.0 Å². The van der Waals surface area contributed by atoms with E-state index in [-0.39, 0.29) is 13.2 Å². The molecular formula is C21H34FN3O. The molecule has 0 radical (unpaired) electrons. The zero-order valence-corrected chi connectivity index (χ0v) is 15.8. The lowest BCUT2D eigenvalue weighted by Gasteiger charge is -2.35. The maximum atomic E-state index is 13.1. The summed E-state index contributed by atoms with van der Waals surface area (Å²) < 4.78 is 13.1. The second kappa shape index (κ2) is 10.0. The Morgan fingerprint density at radius 3 is 2.88 bits per heavy atom. The molecule has 0 saturated carbocycles. The molecule has 4 nitrogen and oxygen atoms in total. The third kappa shape index (κ3) is 6.04. The SMILES string of the molecule is O=C1CCCCCN=C(CCCN2CCC(C3C=CC(F)=CC3)CC2)N1.[HH]. The maximum Gasteiger partial charge on any atom is 0.225 e. The Hall–Kier alpha value is -1.49. The number of halogens is 1. The van der Waals surface area contributed by atoms with Crippen molar-refractivity contribution >= 4 is 11.7 Å². The van der Waals surface area contributed by atoms with Crippen molar-refractivity contribution in [1.82, 2.24) is 10.2 Å². The quantitative estimate of drug-likeness (QED) is 0.794. The number of amides is 1. The Bertz CT molecular complexity index is 568. The molecule has 1 saturated heterocycles. The summed E-state index contributed by atoms with van der Waals surface area (Å²) in [7, 11) is 0. The molecule has 1 unspecified atom stereocenters. The molecule has 0 aromatic carbocycles. The Balaban J connectivity index is 0.00000261. The lowest BCUT2D eigenvalue weighted by molar-refractivity contribution is -0.119. The van der Waals surface area contributed by atoms with E-state index in [9.17, 15) is 9.18 Å². The largest absolute Gasteiger partial charge is 0.315 e. The topological polar surface area (TPSA) is 44.7 Å². The standard InChI is InChI=1S/C21H32FN3O.H2/c22-19-9-7-17(8-10-19)18-11-15-25(16-12-18)14-4-5-20-23-13-3-1-2-6-21(26)24-20;/h7,9-10,17-18H,1-6,8,11-16H2,(H,23,24,26);1H. The van der Waals surface area contributed by atoms with Gasteiger partial charge in [-0.25, -0.2) is 4.39 Å². The van der Waals surface area contributed by atoms with Gasteiger partial charge in [0.05, 0.1) is 0 Å². The Labute approximate surface area is 158 Å². The summed E-state index contributed by atoms with van der Waals surface area (Å²) in [6, 6.07) is 0. The van der Waals surface area contributed by atoms with Crippen LogP contribution in [0.3, 0.4) is 0 Å². The second-order valence-corrected chi connectivity index (χ2v) is 7.82. The molecule has 1 amide bonds. The van der Waals surface area contributed by atoms with Gasteiger partial charge in [-0.2, -0.15) is 0 Å². The van der Waals surface area contributed by atoms with Crippen LogP contribution in [0, 0.1) is 11.8 Å². The van der Waals surface area contributed by atoms with Gasteiger partial charge in [0.25, 0.3) is 0 Å². The predicted molar refractivity (Wildman–Crippen MR) is 106 cm³/mol. The van der Waals surface area contributed by atoms with Crippen molar-refractivity contribution in [2.75, 3.05) is 26.2 Å². The lowest BCUT2D eigenvalue weighted by Crippen LogP contribution is -2.37. The molecule has 1 N–H and O–H groups in total. The molecule has 0 bridgehead atoms. The molecule has 1 aliphatic carbocycles. The van der Waals surface area contributed by atoms with E-state index in [0.29, 0.717) is 18.3 Å². The summed E-state index contributed by atoms with van der Waals surface area (Å²) in [5.74, 6) is 2.12. The van der Waals surface area contributed by atoms with Crippen molar-refractivity contribution in [2.24, 2.45) is 16.8 Å². The molecule has 0 spiro atoms. The Morgan fingerprint density at radius 2 is 2.12 bits per heavy atom. The minimum atomic E-state index is -0.0846. The van der Waals surface area contributed by atoms with Crippen LogP contribution in [0.25, 0.3) is 0 Å². The van der Waals surface area contributed by atoms with Crippen LogP contribution < -0.4 is 5.32 Å². The lowest BCUT2D eigenvalue weighted by atomic mass is 9.80. The van der Waals surface area contributed by atoms with Crippen LogP contribution in [0.4, 0.5) is 4.39 Å². The normalized spacial score (nSPS) is 26.3. The number of hydrogen-bond donors (Lipinski definition) is 1. The number of allylic oxidation sites excluding steroid dienone is 4. The summed E-state index contributed by atoms with van der Waals surface area (Å²) in [5.41, 5.74) is 0. The van der Waals surface area contributed by atoms with Gasteiger partial charge in [0.2, 0.25) is 5.91 Å². The number of hydrogen-bond acceptors (Lipinski definition) is 3. The highest BCUT2D eigenvalue weighted by molar-refractivity contribution is 5.98. The third-order valence-corrected chi connectivity index (χ3v) is 5.86. The minimum Gasteiger partial charge on any atom is -0.315 e. The molecule has 0 aromatic rings. The van der Waals surface area contributed by atoms with E-state index < -0.39 is 0 Å². The van der Waals surface area contributed by atoms with Gasteiger partial charge in [-0.1, -0.05) is 12.5 Å². The van der Waals surface area contributed by atoms with Crippen LogP contribution >= 0.6 is 0 Å². The third-order valence-electron chi connectivity index (χ3n) is 5.86. The van der Waals surface area contributed by atoms with Crippen molar-refractivity contribution < 1.29 is 10.6 Å². The van der Waals surface area contributed by atoms with Gasteiger partial charge < -0.3 is 10.2 Å². The summed E-state index contributed by atoms with van der Waals surface area (Å²) in [5, 5.41) is 3.00. The van der Waals surface area contributed by atoms with Gasteiger partial charge >= 0.3 is 0 Å². The van der Waals surface area contributed by atoms with Gasteiger partial charge in [0.15, 0.2) is 0 Å². The molecule has 1 atom stereocenters. The fourth-order valence-electron chi connectivity index (χ4n) is 4.23. The van der Waals surface area contributed by atoms with Crippen LogP contribution in [-0.2, 0) is 4.79 Å². The summed E-state index contributed by atoms with van der Waals surface area (Å²) >= 11 is 0. The van der Waals surface area contributed by atoms with Crippen molar-refractivity contribution in [3.05, 3.63) is 24.1 Å². The summed E-state index contributed by atoms with van der Waals surface area (Å²) in [6.45, 7) is 4.15. The van der Waals surface area contributed by atoms with Crippen LogP contribution in [0.5, 0.6) is 0 Å². The van der Waals surface area contributed by atoms with Crippen molar-refractivity contribution in [2.45, 2.75) is 57.8 Å². The molecule has 1 fully saturated rings. The first-order valence-electron chi connectivity index (χ1n) is 10.3. The maximum absolute atomic E-state index is 13.1. The van der Waals surface area contributed by atoms with Crippen molar-refractivity contribution in [3.63, 3.8) is 0 Å². The number of aliphatic imine (C=N–C) groups is 1. The number of carbonyl (C=O) groups is 1. The highest BCUT2D eigenvalue weighted by Gasteiger charge is 2.25. The fraction of sp³-hybridized carbons (Fsp3) is 0.714. The van der Waals surface area contributed by atoms with Crippen LogP contribution in [0.1, 0.15) is 59.2 Å². The number of piperidine rings is 1. The van der Waals surface area contributed by atoms with E-state index in [1.54, 1.807) is 12.2 Å². The highest BCUT2D eigenvalue weighted by Crippen LogP contribution is 2.31. The van der Waals surface area contributed by atoms with Gasteiger partial charge in [0.1, 0.15) is 11.7 Å². The van der Waals surface area contributed by atoms with Crippen LogP contribution in [0.2, 0.25) is 0 Å². The molecule has 2 aliphatic heterocycles. The Kier molecular flexibility index (Phi) is 7.42. The van der Waals surface area contributed by atoms with E-state index in [2.05, 4.69) is 21.3 Å². The number of carbonyl (C=O) groups excluding carboxylic acids is 1. The monoisotopic (exact) mass is 363 g/mol. The van der Waals surface area contributed by atoms with E-state index in [1.807, 2.05) is 0 Å². The van der Waals surface area contributed by atoms with Gasteiger partial charge in [0, 0.05) is 20.8 Å². The number of nitrogens with one attached hydrogen (secondary N) is 1. The number of rotatable bonds is 5. The Morgan fingerprint density at radius 1 is 1.27 bits per heavy atom. The zero-order chi connectivity index (χ0) is 18.2. The van der Waals surface area contributed by atoms with Crippen LogP contribution in [-0.4, -0.2) is 42.8 Å². The fourth-order valence-corrected chi connectivity index (χ4v) is 4.23. The first-order chi connectivity index (χ1) is 12.7. The molecule has 146 valence electrons. The van der Waals surface area contributed by atoms with E-state index in [1.165, 1.54) is 12.8 Å². The molecular weight excluding hydrogens is 329 g/mol. The average Bonchev–Trinajstić information content (AvgIpc) is 2.75. The molecule has 3 rings (SSSR count). The molecule has 3 aliphatic rings. The zero-order valence-electron chi connectivity index (χ0n) is 15.8. The average molecular weight is 364 g/mol. The van der Waals surface area contributed by atoms with Gasteiger partial charge in [-0.05, 0) is 82.1 Å². The number of amidine groups is 1. The molecule has 5 heteroatoms. The van der Waals surface area contributed by atoms with E-state index >= 15 is 0 Å². The first kappa shape index (κ1) is 19.3. The van der Waals surface area contributed by atoms with E-state index in [0.717, 1.165) is 70.5 Å². The van der Waals surface area contributed by atoms with Gasteiger partial charge in [-0.3, -0.25) is 9.79 Å². The number of nitrogens with zero attached hydrogens (tertiary/aromatic N) is 2.